The zero-order valence-corrected chi connectivity index (χ0v) is 4.79. The van der Waals surface area contributed by atoms with Gasteiger partial charge in [0.25, 0.3) is 0 Å². The van der Waals surface area contributed by atoms with E-state index in [4.69, 9.17) is 0 Å². The minimum atomic E-state index is -4.42. The third-order valence-corrected chi connectivity index (χ3v) is 0.629. The van der Waals surface area contributed by atoms with Crippen LogP contribution in [0.4, 0.5) is 22.0 Å². The molecule has 0 rings (SSSR count). The summed E-state index contributed by atoms with van der Waals surface area (Å²) in [6.45, 7) is -4.11. The highest BCUT2D eigenvalue weighted by atomic mass is 19.4. The second-order valence-corrected chi connectivity index (χ2v) is 1.50. The molecule has 0 saturated heterocycles. The van der Waals surface area contributed by atoms with Crippen LogP contribution in [0.15, 0.2) is 0 Å². The molecule has 0 aliphatic rings. The molecule has 0 radical (unpaired) electrons. The Morgan fingerprint density at radius 3 is 2.00 bits per heavy atom. The molecule has 6 heteroatoms. The predicted molar refractivity (Wildman–Crippen MR) is 22.6 cm³/mol. The summed E-state index contributed by atoms with van der Waals surface area (Å²) in [6, 6.07) is 0. The summed E-state index contributed by atoms with van der Waals surface area (Å²) >= 11 is 0. The van der Waals surface area contributed by atoms with Gasteiger partial charge in [0, 0.05) is 0 Å². The Balaban J connectivity index is 3.21. The number of halogens is 5. The Kier molecular flexibility index (Phi) is 3.55. The molecule has 62 valence electrons. The van der Waals surface area contributed by atoms with Gasteiger partial charge in [0.2, 0.25) is 0 Å². The van der Waals surface area contributed by atoms with Gasteiger partial charge in [0.05, 0.1) is 13.0 Å². The molecule has 0 aromatic carbocycles. The largest absolute Gasteiger partial charge is 0.391 e. The zero-order valence-electron chi connectivity index (χ0n) is 4.79. The number of alkyl halides is 5. The van der Waals surface area contributed by atoms with Crippen molar-refractivity contribution >= 4 is 0 Å². The molecular weight excluding hydrogens is 159 g/mol. The van der Waals surface area contributed by atoms with Gasteiger partial charge in [-0.15, -0.1) is 0 Å². The van der Waals surface area contributed by atoms with Gasteiger partial charge in [-0.3, -0.25) is 0 Å². The van der Waals surface area contributed by atoms with Crippen molar-refractivity contribution in [3.63, 3.8) is 0 Å². The maximum atomic E-state index is 11.2. The Morgan fingerprint density at radius 1 is 1.20 bits per heavy atom. The predicted octanol–water partition coefficient (Wildman–Crippen LogP) is 2.18. The summed E-state index contributed by atoms with van der Waals surface area (Å²) in [6.07, 6.45) is -5.76. The van der Waals surface area contributed by atoms with Gasteiger partial charge in [-0.1, -0.05) is 0 Å². The number of ether oxygens (including phenoxy) is 1. The molecule has 0 spiro atoms. The van der Waals surface area contributed by atoms with Crippen molar-refractivity contribution in [1.29, 1.82) is 0 Å². The fraction of sp³-hybridized carbons (Fsp3) is 1.00. The van der Waals surface area contributed by atoms with E-state index in [1.165, 1.54) is 0 Å². The maximum absolute atomic E-state index is 11.2. The minimum absolute atomic E-state index is 0.985. The van der Waals surface area contributed by atoms with Crippen molar-refractivity contribution in [3.8, 4) is 0 Å². The second-order valence-electron chi connectivity index (χ2n) is 1.50. The highest BCUT2D eigenvalue weighted by Gasteiger charge is 2.27. The standard InChI is InChI=1S/C4H5F5O/c5-3(6)10-2-1-4(7,8)9/h3H,1-2H2. The average molecular weight is 164 g/mol. The van der Waals surface area contributed by atoms with E-state index in [-0.39, 0.29) is 0 Å². The lowest BCUT2D eigenvalue weighted by molar-refractivity contribution is -0.178. The van der Waals surface area contributed by atoms with E-state index in [0.29, 0.717) is 0 Å². The molecule has 0 heterocycles. The Labute approximate surface area is 53.8 Å². The Hall–Kier alpha value is -0.390. The maximum Gasteiger partial charge on any atom is 0.391 e. The molecule has 0 aliphatic carbocycles. The van der Waals surface area contributed by atoms with Crippen molar-refractivity contribution in [3.05, 3.63) is 0 Å². The smallest absolute Gasteiger partial charge is 0.323 e. The van der Waals surface area contributed by atoms with Gasteiger partial charge in [-0.2, -0.15) is 22.0 Å². The molecule has 0 aliphatic heterocycles. The van der Waals surface area contributed by atoms with Crippen LogP contribution in [0.5, 0.6) is 0 Å². The van der Waals surface area contributed by atoms with Crippen LogP contribution in [0, 0.1) is 0 Å². The lowest BCUT2D eigenvalue weighted by Gasteiger charge is -2.05. The van der Waals surface area contributed by atoms with Crippen LogP contribution in [0.2, 0.25) is 0 Å². The van der Waals surface area contributed by atoms with Gasteiger partial charge >= 0.3 is 12.8 Å². The van der Waals surface area contributed by atoms with Gasteiger partial charge in [0.15, 0.2) is 0 Å². The first kappa shape index (κ1) is 9.61. The molecule has 0 bridgehead atoms. The van der Waals surface area contributed by atoms with Gasteiger partial charge < -0.3 is 4.74 Å². The monoisotopic (exact) mass is 164 g/mol. The molecule has 10 heavy (non-hydrogen) atoms. The zero-order chi connectivity index (χ0) is 8.20. The molecule has 0 fully saturated rings. The first-order valence-electron chi connectivity index (χ1n) is 2.38. The van der Waals surface area contributed by atoms with Crippen LogP contribution in [-0.4, -0.2) is 19.4 Å². The number of hydrogen-bond donors (Lipinski definition) is 0. The van der Waals surface area contributed by atoms with E-state index in [1.807, 2.05) is 0 Å². The van der Waals surface area contributed by atoms with Crippen LogP contribution < -0.4 is 0 Å². The summed E-state index contributed by atoms with van der Waals surface area (Å²) in [5.41, 5.74) is 0. The van der Waals surface area contributed by atoms with Crippen LogP contribution in [0.3, 0.4) is 0 Å². The highest BCUT2D eigenvalue weighted by molar-refractivity contribution is 4.47. The van der Waals surface area contributed by atoms with E-state index in [9.17, 15) is 22.0 Å². The Bertz CT molecular complexity index is 88.1. The normalized spacial score (nSPS) is 12.6. The SMILES string of the molecule is FC(F)OCCC(F)(F)F. The quantitative estimate of drug-likeness (QED) is 0.581. The van der Waals surface area contributed by atoms with E-state index >= 15 is 0 Å². The molecule has 0 aromatic rings. The molecule has 0 atom stereocenters. The van der Waals surface area contributed by atoms with Crippen molar-refractivity contribution < 1.29 is 26.7 Å². The molecule has 0 aromatic heterocycles. The minimum Gasteiger partial charge on any atom is -0.323 e. The van der Waals surface area contributed by atoms with Crippen LogP contribution in [0.1, 0.15) is 6.42 Å². The third kappa shape index (κ3) is 7.61. The molecule has 0 saturated carbocycles. The highest BCUT2D eigenvalue weighted by Crippen LogP contribution is 2.19. The molecular formula is C4H5F5O. The van der Waals surface area contributed by atoms with E-state index in [2.05, 4.69) is 4.74 Å². The lowest BCUT2D eigenvalue weighted by Crippen LogP contribution is -2.13. The summed E-state index contributed by atoms with van der Waals surface area (Å²) in [7, 11) is 0. The van der Waals surface area contributed by atoms with Crippen molar-refractivity contribution in [2.24, 2.45) is 0 Å². The fourth-order valence-corrected chi connectivity index (χ4v) is 0.264. The first-order chi connectivity index (χ1) is 4.42. The lowest BCUT2D eigenvalue weighted by atomic mass is 10.4. The number of hydrogen-bond acceptors (Lipinski definition) is 1. The van der Waals surface area contributed by atoms with Crippen LogP contribution in [0.25, 0.3) is 0 Å². The number of rotatable bonds is 3. The molecule has 0 N–H and O–H groups in total. The van der Waals surface area contributed by atoms with E-state index < -0.39 is 25.8 Å². The second kappa shape index (κ2) is 3.70. The van der Waals surface area contributed by atoms with Crippen LogP contribution >= 0.6 is 0 Å². The van der Waals surface area contributed by atoms with Crippen LogP contribution in [-0.2, 0) is 4.74 Å². The topological polar surface area (TPSA) is 9.23 Å². The summed E-state index contributed by atoms with van der Waals surface area (Å²) in [5, 5.41) is 0. The summed E-state index contributed by atoms with van der Waals surface area (Å²) in [4.78, 5) is 0. The summed E-state index contributed by atoms with van der Waals surface area (Å²) < 4.78 is 58.9. The van der Waals surface area contributed by atoms with E-state index in [1.54, 1.807) is 0 Å². The van der Waals surface area contributed by atoms with Crippen molar-refractivity contribution in [1.82, 2.24) is 0 Å². The molecule has 1 nitrogen and oxygen atoms in total. The summed E-state index contributed by atoms with van der Waals surface area (Å²) in [5.74, 6) is 0. The first-order valence-corrected chi connectivity index (χ1v) is 2.38. The van der Waals surface area contributed by atoms with Gasteiger partial charge in [-0.05, 0) is 0 Å². The van der Waals surface area contributed by atoms with Gasteiger partial charge in [0.1, 0.15) is 0 Å². The van der Waals surface area contributed by atoms with Crippen molar-refractivity contribution in [2.45, 2.75) is 19.2 Å². The third-order valence-electron chi connectivity index (χ3n) is 0.629. The van der Waals surface area contributed by atoms with Gasteiger partial charge in [-0.25, -0.2) is 0 Å². The average Bonchev–Trinajstić information content (AvgIpc) is 1.59. The van der Waals surface area contributed by atoms with Crippen molar-refractivity contribution in [2.75, 3.05) is 6.61 Å². The fourth-order valence-electron chi connectivity index (χ4n) is 0.264. The molecule has 0 unspecified atom stereocenters. The van der Waals surface area contributed by atoms with E-state index in [0.717, 1.165) is 0 Å². The Morgan fingerprint density at radius 2 is 1.70 bits per heavy atom. The molecule has 0 amide bonds.